The van der Waals surface area contributed by atoms with Gasteiger partial charge < -0.3 is 10.1 Å². The van der Waals surface area contributed by atoms with Crippen LogP contribution in [-0.4, -0.2) is 17.6 Å². The van der Waals surface area contributed by atoms with Gasteiger partial charge in [-0.3, -0.25) is 10.1 Å². The van der Waals surface area contributed by atoms with Crippen molar-refractivity contribution in [3.05, 3.63) is 58.6 Å². The number of anilines is 1. The number of ether oxygens (including phenoxy) is 1. The Morgan fingerprint density at radius 2 is 1.89 bits per heavy atom. The fourth-order valence-electron chi connectivity index (χ4n) is 2.56. The van der Waals surface area contributed by atoms with E-state index < -0.39 is 0 Å². The van der Waals surface area contributed by atoms with Crippen molar-refractivity contribution in [2.75, 3.05) is 11.9 Å². The van der Waals surface area contributed by atoms with E-state index in [9.17, 15) is 4.79 Å². The van der Waals surface area contributed by atoms with Crippen LogP contribution in [0.15, 0.2) is 42.5 Å². The monoisotopic (exact) mass is 404 g/mol. The topological polar surface area (TPSA) is 50.4 Å². The van der Waals surface area contributed by atoms with Crippen molar-refractivity contribution in [2.45, 2.75) is 39.5 Å². The normalized spacial score (nSPS) is 10.3. The Kier molecular flexibility index (Phi) is 8.55. The van der Waals surface area contributed by atoms with E-state index in [-0.39, 0.29) is 11.0 Å². The maximum Gasteiger partial charge on any atom is 0.261 e. The van der Waals surface area contributed by atoms with Gasteiger partial charge in [0.2, 0.25) is 0 Å². The van der Waals surface area contributed by atoms with E-state index in [1.807, 2.05) is 25.1 Å². The lowest BCUT2D eigenvalue weighted by Gasteiger charge is -2.14. The number of thiocarbonyl (C=S) groups is 1. The van der Waals surface area contributed by atoms with Gasteiger partial charge in [-0.15, -0.1) is 0 Å². The number of para-hydroxylation sites is 1. The zero-order valence-corrected chi connectivity index (χ0v) is 17.3. The summed E-state index contributed by atoms with van der Waals surface area (Å²) in [6.07, 6.45) is 4.46. The fourth-order valence-corrected chi connectivity index (χ4v) is 2.94. The number of unbranched alkanes of at least 4 members (excludes halogenated alkanes) is 3. The maximum absolute atomic E-state index is 12.6. The highest BCUT2D eigenvalue weighted by Crippen LogP contribution is 2.23. The average Bonchev–Trinajstić information content (AvgIpc) is 2.65. The summed E-state index contributed by atoms with van der Waals surface area (Å²) in [7, 11) is 0. The van der Waals surface area contributed by atoms with Gasteiger partial charge in [0.05, 0.1) is 12.2 Å². The molecule has 0 atom stereocenters. The summed E-state index contributed by atoms with van der Waals surface area (Å²) >= 11 is 11.4. The van der Waals surface area contributed by atoms with E-state index in [4.69, 9.17) is 28.6 Å². The predicted molar refractivity (Wildman–Crippen MR) is 116 cm³/mol. The fraction of sp³-hybridized carbons (Fsp3) is 0.333. The van der Waals surface area contributed by atoms with Gasteiger partial charge in [-0.1, -0.05) is 56.0 Å². The van der Waals surface area contributed by atoms with Crippen LogP contribution in [0.1, 0.15) is 48.5 Å². The number of benzene rings is 2. The van der Waals surface area contributed by atoms with Crippen LogP contribution in [0.5, 0.6) is 5.75 Å². The lowest BCUT2D eigenvalue weighted by molar-refractivity contribution is 0.0973. The Morgan fingerprint density at radius 1 is 1.11 bits per heavy atom. The van der Waals surface area contributed by atoms with Crippen LogP contribution in [0.4, 0.5) is 5.69 Å². The van der Waals surface area contributed by atoms with Crippen LogP contribution in [0.2, 0.25) is 5.02 Å². The number of amides is 1. The summed E-state index contributed by atoms with van der Waals surface area (Å²) in [5, 5.41) is 6.56. The zero-order chi connectivity index (χ0) is 19.6. The van der Waals surface area contributed by atoms with Crippen molar-refractivity contribution >= 4 is 40.5 Å². The molecular weight excluding hydrogens is 380 g/mol. The Labute approximate surface area is 171 Å². The molecule has 27 heavy (non-hydrogen) atoms. The molecule has 144 valence electrons. The molecule has 0 saturated heterocycles. The Hall–Kier alpha value is -2.11. The molecule has 0 fully saturated rings. The van der Waals surface area contributed by atoms with E-state index >= 15 is 0 Å². The van der Waals surface area contributed by atoms with Crippen LogP contribution in [0, 0.1) is 6.92 Å². The van der Waals surface area contributed by atoms with E-state index in [1.54, 1.807) is 24.3 Å². The molecular formula is C21H25ClN2O2S. The molecule has 2 aromatic rings. The van der Waals surface area contributed by atoms with Gasteiger partial charge >= 0.3 is 0 Å². The molecule has 0 saturated carbocycles. The summed E-state index contributed by atoms with van der Waals surface area (Å²) in [5.41, 5.74) is 2.08. The standard InChI is InChI=1S/C21H25ClN2O2S/c1-3-4-5-8-14-26-19-13-7-6-10-16(19)20(25)24-21(27)23-18-12-9-11-17(22)15(18)2/h6-7,9-13H,3-5,8,14H2,1-2H3,(H2,23,24,25,27). The third-order valence-electron chi connectivity index (χ3n) is 4.13. The largest absolute Gasteiger partial charge is 0.493 e. The molecule has 0 heterocycles. The molecule has 0 radical (unpaired) electrons. The quantitative estimate of drug-likeness (QED) is 0.435. The molecule has 2 rings (SSSR count). The van der Waals surface area contributed by atoms with Crippen molar-refractivity contribution in [3.63, 3.8) is 0 Å². The van der Waals surface area contributed by atoms with E-state index in [0.717, 1.165) is 24.1 Å². The van der Waals surface area contributed by atoms with Crippen molar-refractivity contribution in [3.8, 4) is 5.75 Å². The lowest BCUT2D eigenvalue weighted by Crippen LogP contribution is -2.34. The zero-order valence-electron chi connectivity index (χ0n) is 15.7. The van der Waals surface area contributed by atoms with E-state index in [1.165, 1.54) is 12.8 Å². The molecule has 6 heteroatoms. The number of hydrogen-bond acceptors (Lipinski definition) is 3. The van der Waals surface area contributed by atoms with Crippen molar-refractivity contribution < 1.29 is 9.53 Å². The molecule has 0 spiro atoms. The smallest absolute Gasteiger partial charge is 0.261 e. The third-order valence-corrected chi connectivity index (χ3v) is 4.74. The predicted octanol–water partition coefficient (Wildman–Crippen LogP) is 5.73. The molecule has 4 nitrogen and oxygen atoms in total. The Balaban J connectivity index is 1.96. The minimum atomic E-state index is -0.309. The third kappa shape index (κ3) is 6.52. The highest BCUT2D eigenvalue weighted by molar-refractivity contribution is 7.80. The molecule has 0 aromatic heterocycles. The second kappa shape index (κ2) is 10.9. The molecule has 0 aliphatic carbocycles. The summed E-state index contributed by atoms with van der Waals surface area (Å²) < 4.78 is 5.80. The molecule has 2 N–H and O–H groups in total. The van der Waals surface area contributed by atoms with E-state index in [0.29, 0.717) is 22.9 Å². The number of halogens is 1. The first-order chi connectivity index (χ1) is 13.0. The number of nitrogens with one attached hydrogen (secondary N) is 2. The minimum Gasteiger partial charge on any atom is -0.493 e. The van der Waals surface area contributed by atoms with Gasteiger partial charge in [-0.25, -0.2) is 0 Å². The number of carbonyl (C=O) groups is 1. The minimum absolute atomic E-state index is 0.211. The van der Waals surface area contributed by atoms with Crippen LogP contribution in [0.3, 0.4) is 0 Å². The SMILES string of the molecule is CCCCCCOc1ccccc1C(=O)NC(=S)Nc1cccc(Cl)c1C. The van der Waals surface area contributed by atoms with Gasteiger partial charge in [0, 0.05) is 10.7 Å². The molecule has 0 aliphatic rings. The summed E-state index contributed by atoms with van der Waals surface area (Å²) in [6.45, 7) is 4.65. The molecule has 0 bridgehead atoms. The Bertz CT molecular complexity index is 796. The summed E-state index contributed by atoms with van der Waals surface area (Å²) in [6, 6.07) is 12.7. The summed E-state index contributed by atoms with van der Waals surface area (Å²) in [5.74, 6) is 0.254. The second-order valence-corrected chi connectivity index (χ2v) is 7.04. The molecule has 0 unspecified atom stereocenters. The van der Waals surface area contributed by atoms with Gasteiger partial charge in [-0.2, -0.15) is 0 Å². The van der Waals surface area contributed by atoms with Gasteiger partial charge in [-0.05, 0) is 55.4 Å². The van der Waals surface area contributed by atoms with Crippen LogP contribution >= 0.6 is 23.8 Å². The lowest BCUT2D eigenvalue weighted by atomic mass is 10.2. The first kappa shape index (κ1) is 21.2. The molecule has 1 amide bonds. The average molecular weight is 405 g/mol. The van der Waals surface area contributed by atoms with Crippen molar-refractivity contribution in [1.29, 1.82) is 0 Å². The highest BCUT2D eigenvalue weighted by Gasteiger charge is 2.14. The molecule has 2 aromatic carbocycles. The highest BCUT2D eigenvalue weighted by atomic mass is 35.5. The second-order valence-electron chi connectivity index (χ2n) is 6.23. The molecule has 0 aliphatic heterocycles. The van der Waals surface area contributed by atoms with Gasteiger partial charge in [0.25, 0.3) is 5.91 Å². The van der Waals surface area contributed by atoms with Crippen molar-refractivity contribution in [2.24, 2.45) is 0 Å². The van der Waals surface area contributed by atoms with Crippen LogP contribution in [-0.2, 0) is 0 Å². The van der Waals surface area contributed by atoms with Gasteiger partial charge in [0.1, 0.15) is 5.75 Å². The number of hydrogen-bond donors (Lipinski definition) is 2. The van der Waals surface area contributed by atoms with E-state index in [2.05, 4.69) is 17.6 Å². The van der Waals surface area contributed by atoms with Crippen LogP contribution < -0.4 is 15.4 Å². The van der Waals surface area contributed by atoms with Gasteiger partial charge in [0.15, 0.2) is 5.11 Å². The Morgan fingerprint density at radius 3 is 2.67 bits per heavy atom. The van der Waals surface area contributed by atoms with Crippen LogP contribution in [0.25, 0.3) is 0 Å². The summed E-state index contributed by atoms with van der Waals surface area (Å²) in [4.78, 5) is 12.6. The first-order valence-electron chi connectivity index (χ1n) is 9.12. The number of rotatable bonds is 8. The number of carbonyl (C=O) groups excluding carboxylic acids is 1. The maximum atomic E-state index is 12.6. The first-order valence-corrected chi connectivity index (χ1v) is 9.90. The van der Waals surface area contributed by atoms with Crippen molar-refractivity contribution in [1.82, 2.24) is 5.32 Å².